The average Bonchev–Trinajstić information content (AvgIpc) is 3.36. The second-order valence-corrected chi connectivity index (χ2v) is 7.23. The lowest BCUT2D eigenvalue weighted by atomic mass is 10.1. The number of halogens is 1. The summed E-state index contributed by atoms with van der Waals surface area (Å²) in [5, 5.41) is 14.7. The molecule has 4 aromatic rings. The molecule has 148 valence electrons. The van der Waals surface area contributed by atoms with E-state index in [1.807, 2.05) is 22.9 Å². The smallest absolute Gasteiger partial charge is 0.182 e. The van der Waals surface area contributed by atoms with Gasteiger partial charge >= 0.3 is 0 Å². The molecule has 0 spiro atoms. The maximum Gasteiger partial charge on any atom is 0.182 e. The molecule has 7 nitrogen and oxygen atoms in total. The average molecular weight is 400 g/mol. The van der Waals surface area contributed by atoms with Gasteiger partial charge in [0.05, 0.1) is 24.1 Å². The molecule has 0 saturated heterocycles. The van der Waals surface area contributed by atoms with Crippen molar-refractivity contribution in [2.75, 3.05) is 12.8 Å². The molecule has 2 heterocycles. The number of ether oxygens (including phenoxy) is 1. The summed E-state index contributed by atoms with van der Waals surface area (Å²) in [5.74, 6) is -0.461. The van der Waals surface area contributed by atoms with Crippen molar-refractivity contribution >= 4 is 16.9 Å². The molecular formula is C22H17FN6O. The van der Waals surface area contributed by atoms with E-state index in [-0.39, 0.29) is 23.2 Å². The van der Waals surface area contributed by atoms with Crippen LogP contribution in [-0.4, -0.2) is 26.9 Å². The van der Waals surface area contributed by atoms with Crippen molar-refractivity contribution in [1.29, 1.82) is 5.26 Å². The number of anilines is 1. The second-order valence-electron chi connectivity index (χ2n) is 7.23. The highest BCUT2D eigenvalue weighted by atomic mass is 19.1. The Hall–Kier alpha value is -3.99. The molecule has 0 atom stereocenters. The number of fused-ring (bicyclic) bond motifs is 2. The third-order valence-corrected chi connectivity index (χ3v) is 5.55. The van der Waals surface area contributed by atoms with Crippen molar-refractivity contribution in [2.45, 2.75) is 18.9 Å². The van der Waals surface area contributed by atoms with Crippen molar-refractivity contribution in [1.82, 2.24) is 19.7 Å². The second kappa shape index (κ2) is 6.81. The first-order valence-corrected chi connectivity index (χ1v) is 9.44. The monoisotopic (exact) mass is 400 g/mol. The number of methoxy groups -OCH3 is 1. The first kappa shape index (κ1) is 18.1. The minimum atomic E-state index is -0.706. The standard InChI is InChI=1S/C22H17FN6O/c1-30-17-9-14(6-15(10-24)19(17)23)20-18-21(25)26-11-27-22(18)29(28-20)16-7-12-4-2-3-5-13(12)8-16/h2-6,9,11,16H,7-8H2,1H3,(H2,25,26,27). The van der Waals surface area contributed by atoms with Gasteiger partial charge in [-0.1, -0.05) is 24.3 Å². The van der Waals surface area contributed by atoms with Gasteiger partial charge in [-0.3, -0.25) is 0 Å². The SMILES string of the molecule is COc1cc(-c2nn(C3Cc4ccccc4C3)c3ncnc(N)c23)cc(C#N)c1F. The summed E-state index contributed by atoms with van der Waals surface area (Å²) in [6.07, 6.45) is 3.06. The predicted molar refractivity (Wildman–Crippen MR) is 109 cm³/mol. The number of nitrogen functional groups attached to an aromatic ring is 1. The highest BCUT2D eigenvalue weighted by molar-refractivity contribution is 5.98. The summed E-state index contributed by atoms with van der Waals surface area (Å²) in [5.41, 5.74) is 10.2. The van der Waals surface area contributed by atoms with Gasteiger partial charge < -0.3 is 10.5 Å². The molecule has 0 aliphatic heterocycles. The number of nitrogens with two attached hydrogens (primary N) is 1. The molecule has 1 aliphatic rings. The van der Waals surface area contributed by atoms with E-state index in [1.165, 1.54) is 36.7 Å². The largest absolute Gasteiger partial charge is 0.494 e. The zero-order chi connectivity index (χ0) is 20.8. The molecule has 0 saturated carbocycles. The van der Waals surface area contributed by atoms with Crippen LogP contribution in [0.5, 0.6) is 5.75 Å². The fraction of sp³-hybridized carbons (Fsp3) is 0.182. The molecule has 2 N–H and O–H groups in total. The molecule has 5 rings (SSSR count). The maximum absolute atomic E-state index is 14.3. The van der Waals surface area contributed by atoms with Crippen LogP contribution >= 0.6 is 0 Å². The lowest BCUT2D eigenvalue weighted by Crippen LogP contribution is -2.11. The first-order chi connectivity index (χ1) is 14.6. The molecule has 0 radical (unpaired) electrons. The van der Waals surface area contributed by atoms with Crippen LogP contribution in [0, 0.1) is 17.1 Å². The van der Waals surface area contributed by atoms with Crippen LogP contribution in [0.25, 0.3) is 22.3 Å². The van der Waals surface area contributed by atoms with E-state index in [9.17, 15) is 9.65 Å². The Balaban J connectivity index is 1.71. The van der Waals surface area contributed by atoms with E-state index in [1.54, 1.807) is 0 Å². The van der Waals surface area contributed by atoms with Crippen LogP contribution in [0.15, 0.2) is 42.7 Å². The molecule has 0 fully saturated rings. The normalized spacial score (nSPS) is 13.4. The third kappa shape index (κ3) is 2.67. The first-order valence-electron chi connectivity index (χ1n) is 9.44. The van der Waals surface area contributed by atoms with Crippen LogP contribution < -0.4 is 10.5 Å². The van der Waals surface area contributed by atoms with E-state index in [2.05, 4.69) is 22.1 Å². The molecule has 2 aromatic heterocycles. The summed E-state index contributed by atoms with van der Waals surface area (Å²) < 4.78 is 21.3. The maximum atomic E-state index is 14.3. The highest BCUT2D eigenvalue weighted by Gasteiger charge is 2.28. The van der Waals surface area contributed by atoms with E-state index in [0.717, 1.165) is 12.8 Å². The summed E-state index contributed by atoms with van der Waals surface area (Å²) in [6.45, 7) is 0. The molecule has 1 aliphatic carbocycles. The van der Waals surface area contributed by atoms with Crippen LogP contribution in [0.2, 0.25) is 0 Å². The zero-order valence-electron chi connectivity index (χ0n) is 16.1. The summed E-state index contributed by atoms with van der Waals surface area (Å²) in [4.78, 5) is 8.56. The molecule has 2 aromatic carbocycles. The molecule has 8 heteroatoms. The van der Waals surface area contributed by atoms with Crippen molar-refractivity contribution in [3.8, 4) is 23.1 Å². The van der Waals surface area contributed by atoms with E-state index in [0.29, 0.717) is 22.3 Å². The number of aromatic nitrogens is 4. The molecule has 0 amide bonds. The van der Waals surface area contributed by atoms with E-state index >= 15 is 0 Å². The summed E-state index contributed by atoms with van der Waals surface area (Å²) >= 11 is 0. The predicted octanol–water partition coefficient (Wildman–Crippen LogP) is 3.43. The van der Waals surface area contributed by atoms with Gasteiger partial charge in [0.2, 0.25) is 0 Å². The van der Waals surface area contributed by atoms with Crippen LogP contribution in [-0.2, 0) is 12.8 Å². The van der Waals surface area contributed by atoms with E-state index < -0.39 is 5.82 Å². The number of rotatable bonds is 3. The van der Waals surface area contributed by atoms with Gasteiger partial charge in [-0.2, -0.15) is 10.4 Å². The highest BCUT2D eigenvalue weighted by Crippen LogP contribution is 2.38. The number of hydrogen-bond donors (Lipinski definition) is 1. The van der Waals surface area contributed by atoms with Gasteiger partial charge in [0.1, 0.15) is 23.9 Å². The van der Waals surface area contributed by atoms with Crippen molar-refractivity contribution in [3.05, 3.63) is 65.2 Å². The molecule has 0 bridgehead atoms. The lowest BCUT2D eigenvalue weighted by molar-refractivity contribution is 0.386. The van der Waals surface area contributed by atoms with Gasteiger partial charge in [0.25, 0.3) is 0 Å². The number of benzene rings is 2. The Bertz CT molecular complexity index is 1310. The number of nitrogens with zero attached hydrogens (tertiary/aromatic N) is 5. The van der Waals surface area contributed by atoms with Gasteiger partial charge in [-0.25, -0.2) is 19.0 Å². The molecule has 0 unspecified atom stereocenters. The van der Waals surface area contributed by atoms with Gasteiger partial charge in [0, 0.05) is 5.56 Å². The van der Waals surface area contributed by atoms with Crippen molar-refractivity contribution < 1.29 is 9.13 Å². The van der Waals surface area contributed by atoms with Gasteiger partial charge in [-0.05, 0) is 36.1 Å². The number of hydrogen-bond acceptors (Lipinski definition) is 6. The minimum absolute atomic E-state index is 0.0320. The van der Waals surface area contributed by atoms with Gasteiger partial charge in [0.15, 0.2) is 17.2 Å². The Kier molecular flexibility index (Phi) is 4.10. The molecule has 30 heavy (non-hydrogen) atoms. The van der Waals surface area contributed by atoms with Crippen LogP contribution in [0.3, 0.4) is 0 Å². The topological polar surface area (TPSA) is 103 Å². The van der Waals surface area contributed by atoms with E-state index in [4.69, 9.17) is 15.6 Å². The Morgan fingerprint density at radius 3 is 2.60 bits per heavy atom. The fourth-order valence-corrected chi connectivity index (χ4v) is 4.13. The Morgan fingerprint density at radius 2 is 1.93 bits per heavy atom. The van der Waals surface area contributed by atoms with Crippen LogP contribution in [0.4, 0.5) is 10.2 Å². The minimum Gasteiger partial charge on any atom is -0.494 e. The Morgan fingerprint density at radius 1 is 1.20 bits per heavy atom. The van der Waals surface area contributed by atoms with Gasteiger partial charge in [-0.15, -0.1) is 0 Å². The zero-order valence-corrected chi connectivity index (χ0v) is 16.1. The quantitative estimate of drug-likeness (QED) is 0.565. The summed E-state index contributed by atoms with van der Waals surface area (Å²) in [6, 6.07) is 13.2. The van der Waals surface area contributed by atoms with Crippen LogP contribution in [0.1, 0.15) is 22.7 Å². The summed E-state index contributed by atoms with van der Waals surface area (Å²) in [7, 11) is 1.35. The molecular weight excluding hydrogens is 383 g/mol. The van der Waals surface area contributed by atoms with Crippen molar-refractivity contribution in [3.63, 3.8) is 0 Å². The number of nitriles is 1. The third-order valence-electron chi connectivity index (χ3n) is 5.55. The fourth-order valence-electron chi connectivity index (χ4n) is 4.13. The van der Waals surface area contributed by atoms with Crippen molar-refractivity contribution in [2.24, 2.45) is 0 Å². The Labute approximate surface area is 171 Å². The lowest BCUT2D eigenvalue weighted by Gasteiger charge is -2.10.